The summed E-state index contributed by atoms with van der Waals surface area (Å²) in [6.45, 7) is 4.70. The third kappa shape index (κ3) is 9.71. The summed E-state index contributed by atoms with van der Waals surface area (Å²) >= 11 is 0. The van der Waals surface area contributed by atoms with Gasteiger partial charge >= 0.3 is 11.9 Å². The molecule has 1 aromatic carbocycles. The summed E-state index contributed by atoms with van der Waals surface area (Å²) in [6, 6.07) is 3.66. The van der Waals surface area contributed by atoms with Crippen LogP contribution in [-0.4, -0.2) is 75.3 Å². The molecular weight excluding hydrogens is 460 g/mol. The first-order valence-electron chi connectivity index (χ1n) is 11.2. The van der Waals surface area contributed by atoms with Gasteiger partial charge in [0.05, 0.1) is 18.6 Å². The van der Waals surface area contributed by atoms with Gasteiger partial charge in [0.25, 0.3) is 0 Å². The van der Waals surface area contributed by atoms with Crippen molar-refractivity contribution in [3.05, 3.63) is 35.9 Å². The Morgan fingerprint density at radius 1 is 0.886 bits per heavy atom. The molecule has 1 rings (SSSR count). The Labute approximate surface area is 203 Å². The van der Waals surface area contributed by atoms with E-state index in [0.717, 1.165) is 5.56 Å². The molecule has 0 bridgehead atoms. The Morgan fingerprint density at radius 2 is 1.43 bits per heavy atom. The molecule has 12 heteroatoms. The normalized spacial score (nSPS) is 16.0. The van der Waals surface area contributed by atoms with Gasteiger partial charge in [-0.05, 0) is 24.8 Å². The largest absolute Gasteiger partial charge is 0.481 e. The first-order valence-corrected chi connectivity index (χ1v) is 11.2. The first kappa shape index (κ1) is 29.5. The average Bonchev–Trinajstić information content (AvgIpc) is 2.79. The molecule has 194 valence electrons. The van der Waals surface area contributed by atoms with Gasteiger partial charge in [-0.25, -0.2) is 4.79 Å². The zero-order valence-corrected chi connectivity index (χ0v) is 19.9. The summed E-state index contributed by atoms with van der Waals surface area (Å²) in [6.07, 6.45) is -1.63. The lowest BCUT2D eigenvalue weighted by Crippen LogP contribution is -2.61. The number of carbonyl (C=O) groups is 5. The maximum atomic E-state index is 13.0. The molecule has 6 atom stereocenters. The van der Waals surface area contributed by atoms with Gasteiger partial charge in [-0.1, -0.05) is 50.6 Å². The predicted molar refractivity (Wildman–Crippen MR) is 125 cm³/mol. The monoisotopic (exact) mass is 494 g/mol. The molecule has 35 heavy (non-hydrogen) atoms. The van der Waals surface area contributed by atoms with Gasteiger partial charge in [0.15, 0.2) is 0 Å². The molecule has 0 aromatic heterocycles. The number of amides is 3. The van der Waals surface area contributed by atoms with Gasteiger partial charge in [-0.3, -0.25) is 19.2 Å². The number of aliphatic carboxylic acids is 2. The van der Waals surface area contributed by atoms with Crippen molar-refractivity contribution in [3.8, 4) is 0 Å². The molecule has 0 saturated heterocycles. The topological polar surface area (TPSA) is 208 Å². The predicted octanol–water partition coefficient (Wildman–Crippen LogP) is -1.00. The number of nitrogens with two attached hydrogens (primary N) is 1. The number of aliphatic hydroxyl groups excluding tert-OH is 1. The lowest BCUT2D eigenvalue weighted by atomic mass is 9.96. The second-order valence-corrected chi connectivity index (χ2v) is 8.39. The van der Waals surface area contributed by atoms with Crippen LogP contribution in [0.3, 0.4) is 0 Å². The van der Waals surface area contributed by atoms with E-state index in [0.29, 0.717) is 6.42 Å². The number of hydrogen-bond acceptors (Lipinski definition) is 7. The van der Waals surface area contributed by atoms with Crippen molar-refractivity contribution >= 4 is 29.7 Å². The number of carboxylic acid groups (broad SMARTS) is 2. The summed E-state index contributed by atoms with van der Waals surface area (Å²) in [5, 5.41) is 34.9. The van der Waals surface area contributed by atoms with Crippen LogP contribution in [0.15, 0.2) is 30.3 Å². The highest BCUT2D eigenvalue weighted by Crippen LogP contribution is 2.10. The van der Waals surface area contributed by atoms with Gasteiger partial charge in [-0.15, -0.1) is 0 Å². The second-order valence-electron chi connectivity index (χ2n) is 8.39. The minimum atomic E-state index is -1.76. The SMILES string of the molecule is CCC(C)C(NC(=O)C(N)Cc1ccccc1)C(=O)NC(C(=O)NC(CC(=O)O)C(=O)O)C(C)O. The standard InChI is InChI=1S/C23H34N4O8/c1-4-12(2)18(26-20(31)15(24)10-14-8-6-5-7-9-14)21(32)27-19(13(3)28)22(33)25-16(23(34)35)11-17(29)30/h5-9,12-13,15-16,18-19,28H,4,10-11,24H2,1-3H3,(H,25,33)(H,26,31)(H,27,32)(H,29,30)(H,34,35). The van der Waals surface area contributed by atoms with Crippen LogP contribution >= 0.6 is 0 Å². The molecule has 0 radical (unpaired) electrons. The third-order valence-electron chi connectivity index (χ3n) is 5.48. The van der Waals surface area contributed by atoms with Crippen molar-refractivity contribution in [2.75, 3.05) is 0 Å². The maximum Gasteiger partial charge on any atom is 0.326 e. The fourth-order valence-electron chi connectivity index (χ4n) is 3.21. The van der Waals surface area contributed by atoms with Crippen LogP contribution in [0.4, 0.5) is 0 Å². The van der Waals surface area contributed by atoms with E-state index >= 15 is 0 Å². The molecule has 0 saturated carbocycles. The molecule has 0 spiro atoms. The van der Waals surface area contributed by atoms with Gasteiger partial charge in [0.2, 0.25) is 17.7 Å². The number of benzene rings is 1. The minimum absolute atomic E-state index is 0.236. The molecular formula is C23H34N4O8. The molecule has 12 nitrogen and oxygen atoms in total. The second kappa shape index (κ2) is 14.0. The van der Waals surface area contributed by atoms with E-state index in [1.807, 2.05) is 35.6 Å². The van der Waals surface area contributed by atoms with Crippen molar-refractivity contribution in [1.82, 2.24) is 16.0 Å². The van der Waals surface area contributed by atoms with Gasteiger partial charge in [-0.2, -0.15) is 0 Å². The van der Waals surface area contributed by atoms with Crippen molar-refractivity contribution in [2.24, 2.45) is 11.7 Å². The fraction of sp³-hybridized carbons (Fsp3) is 0.522. The van der Waals surface area contributed by atoms with E-state index in [2.05, 4.69) is 10.6 Å². The maximum absolute atomic E-state index is 13.0. The number of carboxylic acids is 2. The molecule has 0 heterocycles. The molecule has 6 unspecified atom stereocenters. The zero-order valence-electron chi connectivity index (χ0n) is 19.9. The Hall–Kier alpha value is -3.51. The molecule has 0 fully saturated rings. The van der Waals surface area contributed by atoms with Gasteiger partial charge in [0, 0.05) is 0 Å². The Balaban J connectivity index is 2.95. The summed E-state index contributed by atoms with van der Waals surface area (Å²) in [5.74, 6) is -5.88. The van der Waals surface area contributed by atoms with Crippen LogP contribution in [-0.2, 0) is 30.4 Å². The van der Waals surface area contributed by atoms with Crippen LogP contribution in [0.2, 0.25) is 0 Å². The number of rotatable bonds is 14. The van der Waals surface area contributed by atoms with Gasteiger partial charge < -0.3 is 37.0 Å². The van der Waals surface area contributed by atoms with Gasteiger partial charge in [0.1, 0.15) is 18.1 Å². The molecule has 0 aliphatic rings. The quantitative estimate of drug-likeness (QED) is 0.169. The highest BCUT2D eigenvalue weighted by atomic mass is 16.4. The summed E-state index contributed by atoms with van der Waals surface area (Å²) in [5.41, 5.74) is 6.84. The van der Waals surface area contributed by atoms with E-state index in [4.69, 9.17) is 15.9 Å². The summed E-state index contributed by atoms with van der Waals surface area (Å²) in [7, 11) is 0. The van der Waals surface area contributed by atoms with Crippen LogP contribution in [0.5, 0.6) is 0 Å². The van der Waals surface area contributed by atoms with Crippen molar-refractivity contribution in [3.63, 3.8) is 0 Å². The van der Waals surface area contributed by atoms with Crippen molar-refractivity contribution in [1.29, 1.82) is 0 Å². The Bertz CT molecular complexity index is 893. The minimum Gasteiger partial charge on any atom is -0.481 e. The van der Waals surface area contributed by atoms with Crippen molar-refractivity contribution < 1.29 is 39.3 Å². The number of carbonyl (C=O) groups excluding carboxylic acids is 3. The van der Waals surface area contributed by atoms with E-state index in [1.54, 1.807) is 13.8 Å². The molecule has 3 amide bonds. The van der Waals surface area contributed by atoms with E-state index in [9.17, 15) is 29.1 Å². The number of hydrogen-bond donors (Lipinski definition) is 7. The summed E-state index contributed by atoms with van der Waals surface area (Å²) < 4.78 is 0. The Morgan fingerprint density at radius 3 is 1.91 bits per heavy atom. The molecule has 0 aliphatic heterocycles. The lowest BCUT2D eigenvalue weighted by Gasteiger charge is -2.28. The fourth-order valence-corrected chi connectivity index (χ4v) is 3.21. The molecule has 1 aromatic rings. The number of nitrogens with one attached hydrogen (secondary N) is 3. The van der Waals surface area contributed by atoms with Crippen LogP contribution in [0.1, 0.15) is 39.2 Å². The lowest BCUT2D eigenvalue weighted by molar-refractivity contribution is -0.148. The van der Waals surface area contributed by atoms with Crippen LogP contribution in [0, 0.1) is 5.92 Å². The highest BCUT2D eigenvalue weighted by Gasteiger charge is 2.34. The van der Waals surface area contributed by atoms with Crippen LogP contribution in [0.25, 0.3) is 0 Å². The molecule has 0 aliphatic carbocycles. The Kier molecular flexibility index (Phi) is 11.8. The summed E-state index contributed by atoms with van der Waals surface area (Å²) in [4.78, 5) is 60.4. The number of aliphatic hydroxyl groups is 1. The smallest absolute Gasteiger partial charge is 0.326 e. The van der Waals surface area contributed by atoms with Crippen molar-refractivity contribution in [2.45, 2.75) is 70.3 Å². The highest BCUT2D eigenvalue weighted by molar-refractivity contribution is 5.95. The third-order valence-corrected chi connectivity index (χ3v) is 5.48. The van der Waals surface area contributed by atoms with E-state index in [-0.39, 0.29) is 12.3 Å². The molecule has 8 N–H and O–H groups in total. The zero-order chi connectivity index (χ0) is 26.7. The van der Waals surface area contributed by atoms with Crippen LogP contribution < -0.4 is 21.7 Å². The van der Waals surface area contributed by atoms with E-state index < -0.39 is 66.4 Å². The first-order chi connectivity index (χ1) is 16.4. The average molecular weight is 495 g/mol. The van der Waals surface area contributed by atoms with E-state index in [1.165, 1.54) is 6.92 Å².